The SMILES string of the molecule is C1=CC=C(c2ccn[nH]2)NN=C1. The Bertz CT molecular complexity index is 332. The molecular formula is C8H8N4. The lowest BCUT2D eigenvalue weighted by Crippen LogP contribution is -2.03. The molecule has 0 aliphatic carbocycles. The highest BCUT2D eigenvalue weighted by molar-refractivity contribution is 5.75. The predicted molar refractivity (Wildman–Crippen MR) is 47.3 cm³/mol. The van der Waals surface area contributed by atoms with Gasteiger partial charge < -0.3 is 0 Å². The number of aromatic amines is 1. The Kier molecular flexibility index (Phi) is 1.74. The highest BCUT2D eigenvalue weighted by Crippen LogP contribution is 2.07. The van der Waals surface area contributed by atoms with E-state index in [1.165, 1.54) is 0 Å². The van der Waals surface area contributed by atoms with Crippen molar-refractivity contribution in [3.63, 3.8) is 0 Å². The van der Waals surface area contributed by atoms with Gasteiger partial charge in [-0.1, -0.05) is 6.08 Å². The Morgan fingerprint density at radius 2 is 2.25 bits per heavy atom. The molecule has 0 amide bonds. The van der Waals surface area contributed by atoms with E-state index in [1.807, 2.05) is 24.3 Å². The van der Waals surface area contributed by atoms with Gasteiger partial charge in [0.25, 0.3) is 0 Å². The number of hydrogen-bond acceptors (Lipinski definition) is 3. The molecule has 60 valence electrons. The molecule has 1 aromatic rings. The summed E-state index contributed by atoms with van der Waals surface area (Å²) in [5.74, 6) is 0. The minimum Gasteiger partial charge on any atom is -0.276 e. The average Bonchev–Trinajstić information content (AvgIpc) is 2.48. The van der Waals surface area contributed by atoms with Crippen LogP contribution in [0.5, 0.6) is 0 Å². The van der Waals surface area contributed by atoms with Crippen molar-refractivity contribution in [2.75, 3.05) is 0 Å². The zero-order chi connectivity index (χ0) is 8.23. The molecule has 0 aromatic carbocycles. The van der Waals surface area contributed by atoms with E-state index >= 15 is 0 Å². The van der Waals surface area contributed by atoms with Crippen LogP contribution in [0.4, 0.5) is 0 Å². The zero-order valence-corrected chi connectivity index (χ0v) is 6.36. The molecule has 0 spiro atoms. The molecule has 0 saturated heterocycles. The summed E-state index contributed by atoms with van der Waals surface area (Å²) in [7, 11) is 0. The highest BCUT2D eigenvalue weighted by Gasteiger charge is 1.99. The lowest BCUT2D eigenvalue weighted by atomic mass is 10.3. The molecule has 0 fully saturated rings. The van der Waals surface area contributed by atoms with Crippen molar-refractivity contribution >= 4 is 11.9 Å². The first-order chi connectivity index (χ1) is 5.97. The maximum absolute atomic E-state index is 3.93. The maximum Gasteiger partial charge on any atom is 0.0827 e. The molecule has 0 radical (unpaired) electrons. The number of nitrogens with zero attached hydrogens (tertiary/aromatic N) is 2. The van der Waals surface area contributed by atoms with E-state index < -0.39 is 0 Å². The number of hydrogen-bond donors (Lipinski definition) is 2. The van der Waals surface area contributed by atoms with E-state index in [1.54, 1.807) is 12.4 Å². The Balaban J connectivity index is 2.30. The molecule has 0 atom stereocenters. The van der Waals surface area contributed by atoms with Gasteiger partial charge in [-0.3, -0.25) is 10.5 Å². The van der Waals surface area contributed by atoms with Gasteiger partial charge in [-0.05, 0) is 18.2 Å². The fourth-order valence-electron chi connectivity index (χ4n) is 0.944. The topological polar surface area (TPSA) is 53.1 Å². The van der Waals surface area contributed by atoms with Crippen molar-refractivity contribution in [3.05, 3.63) is 36.2 Å². The molecule has 12 heavy (non-hydrogen) atoms. The molecule has 0 unspecified atom stereocenters. The predicted octanol–water partition coefficient (Wildman–Crippen LogP) is 0.896. The summed E-state index contributed by atoms with van der Waals surface area (Å²) in [5.41, 5.74) is 4.72. The Labute approximate surface area is 69.7 Å². The summed E-state index contributed by atoms with van der Waals surface area (Å²) in [6, 6.07) is 1.88. The van der Waals surface area contributed by atoms with Gasteiger partial charge in [0, 0.05) is 12.4 Å². The molecule has 2 N–H and O–H groups in total. The third-order valence-electron chi connectivity index (χ3n) is 1.51. The summed E-state index contributed by atoms with van der Waals surface area (Å²) < 4.78 is 0. The number of rotatable bonds is 1. The Morgan fingerprint density at radius 1 is 1.25 bits per heavy atom. The van der Waals surface area contributed by atoms with Gasteiger partial charge >= 0.3 is 0 Å². The smallest absolute Gasteiger partial charge is 0.0827 e. The van der Waals surface area contributed by atoms with E-state index in [2.05, 4.69) is 20.7 Å². The van der Waals surface area contributed by atoms with Gasteiger partial charge in [-0.2, -0.15) is 10.2 Å². The van der Waals surface area contributed by atoms with E-state index in [0.717, 1.165) is 11.4 Å². The second-order valence-electron chi connectivity index (χ2n) is 2.33. The van der Waals surface area contributed by atoms with Crippen molar-refractivity contribution < 1.29 is 0 Å². The van der Waals surface area contributed by atoms with Crippen molar-refractivity contribution in [1.82, 2.24) is 15.6 Å². The van der Waals surface area contributed by atoms with Crippen molar-refractivity contribution in [3.8, 4) is 0 Å². The van der Waals surface area contributed by atoms with Crippen molar-refractivity contribution in [2.45, 2.75) is 0 Å². The molecule has 0 saturated carbocycles. The third-order valence-corrected chi connectivity index (χ3v) is 1.51. The van der Waals surface area contributed by atoms with Gasteiger partial charge in [0.1, 0.15) is 0 Å². The average molecular weight is 160 g/mol. The van der Waals surface area contributed by atoms with Crippen LogP contribution in [0, 0.1) is 0 Å². The normalized spacial score (nSPS) is 15.2. The van der Waals surface area contributed by atoms with Crippen LogP contribution in [-0.4, -0.2) is 16.4 Å². The van der Waals surface area contributed by atoms with E-state index in [9.17, 15) is 0 Å². The van der Waals surface area contributed by atoms with E-state index in [4.69, 9.17) is 0 Å². The molecule has 0 bridgehead atoms. The molecule has 1 aliphatic heterocycles. The molecule has 2 heterocycles. The molecule has 1 aromatic heterocycles. The molecule has 4 heteroatoms. The van der Waals surface area contributed by atoms with Gasteiger partial charge in [0.05, 0.1) is 11.4 Å². The van der Waals surface area contributed by atoms with E-state index in [0.29, 0.717) is 0 Å². The van der Waals surface area contributed by atoms with Gasteiger partial charge in [-0.25, -0.2) is 0 Å². The number of H-pyrrole nitrogens is 1. The monoisotopic (exact) mass is 160 g/mol. The number of nitrogens with one attached hydrogen (secondary N) is 2. The largest absolute Gasteiger partial charge is 0.276 e. The Hall–Kier alpha value is -1.84. The van der Waals surface area contributed by atoms with Crippen molar-refractivity contribution in [1.29, 1.82) is 0 Å². The third kappa shape index (κ3) is 1.27. The first-order valence-corrected chi connectivity index (χ1v) is 3.62. The fraction of sp³-hybridized carbons (Fsp3) is 0. The quantitative estimate of drug-likeness (QED) is 0.641. The van der Waals surface area contributed by atoms with Crippen LogP contribution < -0.4 is 5.43 Å². The van der Waals surface area contributed by atoms with Crippen LogP contribution in [0.3, 0.4) is 0 Å². The summed E-state index contributed by atoms with van der Waals surface area (Å²) in [6.07, 6.45) is 9.10. The standard InChI is InChI=1S/C8H8N4/c1-2-5-9-11-7(3-1)8-4-6-10-12-8/h1-6,11H,(H,10,12). The lowest BCUT2D eigenvalue weighted by Gasteiger charge is -2.00. The van der Waals surface area contributed by atoms with E-state index in [-0.39, 0.29) is 0 Å². The molecule has 1 aliphatic rings. The molecule has 4 nitrogen and oxygen atoms in total. The number of aromatic nitrogens is 2. The number of allylic oxidation sites excluding steroid dienone is 3. The first-order valence-electron chi connectivity index (χ1n) is 3.62. The summed E-state index contributed by atoms with van der Waals surface area (Å²) in [5, 5.41) is 10.6. The minimum absolute atomic E-state index is 0.914. The maximum atomic E-state index is 3.93. The fourth-order valence-corrected chi connectivity index (χ4v) is 0.944. The van der Waals surface area contributed by atoms with Crippen LogP contribution in [0.25, 0.3) is 5.70 Å². The van der Waals surface area contributed by atoms with Crippen LogP contribution in [0.2, 0.25) is 0 Å². The van der Waals surface area contributed by atoms with Crippen molar-refractivity contribution in [2.24, 2.45) is 5.10 Å². The van der Waals surface area contributed by atoms with Crippen LogP contribution in [0.15, 0.2) is 35.6 Å². The van der Waals surface area contributed by atoms with Crippen LogP contribution >= 0.6 is 0 Å². The minimum atomic E-state index is 0.914. The second-order valence-corrected chi connectivity index (χ2v) is 2.33. The highest BCUT2D eigenvalue weighted by atomic mass is 15.3. The van der Waals surface area contributed by atoms with Gasteiger partial charge in [0.15, 0.2) is 0 Å². The zero-order valence-electron chi connectivity index (χ0n) is 6.36. The second kappa shape index (κ2) is 3.04. The van der Waals surface area contributed by atoms with Crippen LogP contribution in [-0.2, 0) is 0 Å². The summed E-state index contributed by atoms with van der Waals surface area (Å²) in [4.78, 5) is 0. The van der Waals surface area contributed by atoms with Gasteiger partial charge in [-0.15, -0.1) is 0 Å². The summed E-state index contributed by atoms with van der Waals surface area (Å²) >= 11 is 0. The molecular weight excluding hydrogens is 152 g/mol. The first kappa shape index (κ1) is 6.84. The lowest BCUT2D eigenvalue weighted by molar-refractivity contribution is 0.973. The number of hydrazone groups is 1. The molecule has 2 rings (SSSR count). The Morgan fingerprint density at radius 3 is 3.08 bits per heavy atom. The van der Waals surface area contributed by atoms with Crippen LogP contribution in [0.1, 0.15) is 5.69 Å². The summed E-state index contributed by atoms with van der Waals surface area (Å²) in [6.45, 7) is 0. The van der Waals surface area contributed by atoms with Gasteiger partial charge in [0.2, 0.25) is 0 Å².